The zero-order valence-electron chi connectivity index (χ0n) is 17.3. The summed E-state index contributed by atoms with van der Waals surface area (Å²) in [5.74, 6) is 1.09. The van der Waals surface area contributed by atoms with Gasteiger partial charge in [-0.2, -0.15) is 0 Å². The third-order valence-electron chi connectivity index (χ3n) is 5.28. The van der Waals surface area contributed by atoms with E-state index in [-0.39, 0.29) is 41.8 Å². The van der Waals surface area contributed by atoms with Gasteiger partial charge in [0.05, 0.1) is 6.54 Å². The third-order valence-corrected chi connectivity index (χ3v) is 6.31. The van der Waals surface area contributed by atoms with Crippen LogP contribution in [0.15, 0.2) is 16.4 Å². The van der Waals surface area contributed by atoms with Crippen molar-refractivity contribution >= 4 is 53.1 Å². The summed E-state index contributed by atoms with van der Waals surface area (Å²) in [5, 5.41) is 8.76. The number of rotatable bonds is 6. The van der Waals surface area contributed by atoms with E-state index in [0.717, 1.165) is 45.0 Å². The number of carbonyl (C=O) groups excluding carboxylic acids is 2. The van der Waals surface area contributed by atoms with E-state index in [2.05, 4.69) is 27.1 Å². The number of thiophene rings is 1. The molecule has 3 rings (SSSR count). The predicted octanol–water partition coefficient (Wildman–Crippen LogP) is 2.21. The summed E-state index contributed by atoms with van der Waals surface area (Å²) < 4.78 is 0. The maximum absolute atomic E-state index is 12.5. The standard InChI is InChI=1S/C20H31N5O2S.HI/c1-3-18(26)25-10-6-16(14-25)23-20(21-4-2)22-9-5-19(27)24-11-7-17-15(13-24)8-12-28-17;/h8,12,16H,3-7,9-11,13-14H2,1-2H3,(H2,21,22,23);1H. The van der Waals surface area contributed by atoms with Crippen LogP contribution in [-0.4, -0.2) is 66.3 Å². The highest BCUT2D eigenvalue weighted by Gasteiger charge is 2.26. The fraction of sp³-hybridized carbons (Fsp3) is 0.650. The number of aliphatic imine (C=N–C) groups is 1. The average molecular weight is 533 g/mol. The molecule has 0 radical (unpaired) electrons. The van der Waals surface area contributed by atoms with Gasteiger partial charge in [-0.05, 0) is 36.8 Å². The van der Waals surface area contributed by atoms with Crippen molar-refractivity contribution in [1.82, 2.24) is 20.4 Å². The number of hydrogen-bond donors (Lipinski definition) is 2. The molecule has 7 nitrogen and oxygen atoms in total. The Labute approximate surface area is 194 Å². The number of nitrogens with one attached hydrogen (secondary N) is 2. The Hall–Kier alpha value is -1.36. The molecule has 1 aromatic rings. The number of likely N-dealkylation sites (tertiary alicyclic amines) is 1. The number of amides is 2. The molecule has 29 heavy (non-hydrogen) atoms. The lowest BCUT2D eigenvalue weighted by molar-refractivity contribution is -0.132. The normalized spacial score (nSPS) is 18.8. The number of fused-ring (bicyclic) bond motifs is 1. The monoisotopic (exact) mass is 533 g/mol. The van der Waals surface area contributed by atoms with E-state index in [1.54, 1.807) is 11.3 Å². The Morgan fingerprint density at radius 1 is 1.24 bits per heavy atom. The number of carbonyl (C=O) groups is 2. The number of guanidine groups is 1. The summed E-state index contributed by atoms with van der Waals surface area (Å²) in [5.41, 5.74) is 1.29. The summed E-state index contributed by atoms with van der Waals surface area (Å²) in [6, 6.07) is 2.34. The Morgan fingerprint density at radius 3 is 2.83 bits per heavy atom. The summed E-state index contributed by atoms with van der Waals surface area (Å²) in [4.78, 5) is 34.2. The minimum atomic E-state index is 0. The summed E-state index contributed by atoms with van der Waals surface area (Å²) in [6.07, 6.45) is 2.85. The van der Waals surface area contributed by atoms with Gasteiger partial charge in [0.25, 0.3) is 0 Å². The van der Waals surface area contributed by atoms with Crippen molar-refractivity contribution < 1.29 is 9.59 Å². The zero-order chi connectivity index (χ0) is 19.9. The van der Waals surface area contributed by atoms with Crippen molar-refractivity contribution in [3.05, 3.63) is 21.9 Å². The van der Waals surface area contributed by atoms with E-state index < -0.39 is 0 Å². The predicted molar refractivity (Wildman–Crippen MR) is 128 cm³/mol. The van der Waals surface area contributed by atoms with E-state index in [9.17, 15) is 9.59 Å². The van der Waals surface area contributed by atoms with Crippen molar-refractivity contribution in [1.29, 1.82) is 0 Å². The molecule has 9 heteroatoms. The first kappa shape index (κ1) is 23.9. The van der Waals surface area contributed by atoms with Crippen LogP contribution in [0.3, 0.4) is 0 Å². The van der Waals surface area contributed by atoms with Crippen molar-refractivity contribution in [3.8, 4) is 0 Å². The average Bonchev–Trinajstić information content (AvgIpc) is 3.36. The van der Waals surface area contributed by atoms with Gasteiger partial charge < -0.3 is 20.4 Å². The van der Waals surface area contributed by atoms with Gasteiger partial charge >= 0.3 is 0 Å². The molecule has 0 saturated carbocycles. The van der Waals surface area contributed by atoms with Gasteiger partial charge in [-0.15, -0.1) is 35.3 Å². The van der Waals surface area contributed by atoms with Crippen molar-refractivity contribution in [3.63, 3.8) is 0 Å². The van der Waals surface area contributed by atoms with E-state index in [0.29, 0.717) is 25.9 Å². The molecule has 162 valence electrons. The summed E-state index contributed by atoms with van der Waals surface area (Å²) in [7, 11) is 0. The minimum absolute atomic E-state index is 0. The van der Waals surface area contributed by atoms with Crippen LogP contribution in [0.4, 0.5) is 0 Å². The highest BCUT2D eigenvalue weighted by Crippen LogP contribution is 2.24. The first-order valence-corrected chi connectivity index (χ1v) is 11.1. The summed E-state index contributed by atoms with van der Waals surface area (Å²) in [6.45, 7) is 8.18. The lowest BCUT2D eigenvalue weighted by atomic mass is 10.1. The van der Waals surface area contributed by atoms with E-state index in [1.807, 2.05) is 23.6 Å². The number of halogens is 1. The van der Waals surface area contributed by atoms with Crippen LogP contribution in [0.5, 0.6) is 0 Å². The fourth-order valence-corrected chi connectivity index (χ4v) is 4.61. The minimum Gasteiger partial charge on any atom is -0.357 e. The molecule has 0 spiro atoms. The van der Waals surface area contributed by atoms with Crippen LogP contribution < -0.4 is 10.6 Å². The molecule has 1 fully saturated rings. The Morgan fingerprint density at radius 2 is 2.07 bits per heavy atom. The molecule has 3 heterocycles. The maximum Gasteiger partial charge on any atom is 0.224 e. The van der Waals surface area contributed by atoms with Gasteiger partial charge in [0.1, 0.15) is 0 Å². The molecule has 1 unspecified atom stereocenters. The Bertz CT molecular complexity index is 723. The van der Waals surface area contributed by atoms with Crippen LogP contribution in [0.2, 0.25) is 0 Å². The largest absolute Gasteiger partial charge is 0.357 e. The molecule has 2 aliphatic heterocycles. The molecule has 1 saturated heterocycles. The maximum atomic E-state index is 12.5. The molecule has 0 aliphatic carbocycles. The number of hydrogen-bond acceptors (Lipinski definition) is 4. The lowest BCUT2D eigenvalue weighted by Crippen LogP contribution is -2.45. The van der Waals surface area contributed by atoms with Crippen LogP contribution >= 0.6 is 35.3 Å². The Balaban J connectivity index is 0.00000300. The van der Waals surface area contributed by atoms with Crippen molar-refractivity contribution in [2.75, 3.05) is 32.7 Å². The highest BCUT2D eigenvalue weighted by molar-refractivity contribution is 14.0. The molecule has 1 aromatic heterocycles. The van der Waals surface area contributed by atoms with E-state index >= 15 is 0 Å². The molecule has 2 amide bonds. The van der Waals surface area contributed by atoms with Gasteiger partial charge in [0.15, 0.2) is 5.96 Å². The van der Waals surface area contributed by atoms with Gasteiger partial charge in [0.2, 0.25) is 11.8 Å². The second-order valence-electron chi connectivity index (χ2n) is 7.27. The smallest absolute Gasteiger partial charge is 0.224 e. The first-order chi connectivity index (χ1) is 13.6. The van der Waals surface area contributed by atoms with Crippen LogP contribution in [0.25, 0.3) is 0 Å². The van der Waals surface area contributed by atoms with E-state index in [4.69, 9.17) is 0 Å². The van der Waals surface area contributed by atoms with Gasteiger partial charge in [-0.25, -0.2) is 0 Å². The first-order valence-electron chi connectivity index (χ1n) is 10.3. The SMILES string of the molecule is CCNC(=NCCC(=O)N1CCc2sccc2C1)NC1CCN(C(=O)CC)C1.I. The third kappa shape index (κ3) is 6.56. The van der Waals surface area contributed by atoms with Crippen LogP contribution in [0, 0.1) is 0 Å². The lowest BCUT2D eigenvalue weighted by Gasteiger charge is -2.27. The second kappa shape index (κ2) is 11.7. The molecular weight excluding hydrogens is 501 g/mol. The number of nitrogens with zero attached hydrogens (tertiary/aromatic N) is 3. The Kier molecular flexibility index (Phi) is 9.67. The van der Waals surface area contributed by atoms with Crippen LogP contribution in [-0.2, 0) is 22.6 Å². The fourth-order valence-electron chi connectivity index (χ4n) is 3.72. The van der Waals surface area contributed by atoms with Gasteiger partial charge in [-0.3, -0.25) is 14.6 Å². The molecule has 0 bridgehead atoms. The molecule has 2 aliphatic rings. The quantitative estimate of drug-likeness (QED) is 0.334. The van der Waals surface area contributed by atoms with Gasteiger partial charge in [-0.1, -0.05) is 6.92 Å². The molecule has 2 N–H and O–H groups in total. The van der Waals surface area contributed by atoms with E-state index in [1.165, 1.54) is 10.4 Å². The topological polar surface area (TPSA) is 77.0 Å². The second-order valence-corrected chi connectivity index (χ2v) is 8.27. The molecular formula is C20H32IN5O2S. The summed E-state index contributed by atoms with van der Waals surface area (Å²) >= 11 is 1.78. The zero-order valence-corrected chi connectivity index (χ0v) is 20.4. The molecule has 1 atom stereocenters. The van der Waals surface area contributed by atoms with Crippen molar-refractivity contribution in [2.45, 2.75) is 52.1 Å². The van der Waals surface area contributed by atoms with Crippen molar-refractivity contribution in [2.24, 2.45) is 4.99 Å². The van der Waals surface area contributed by atoms with Crippen LogP contribution in [0.1, 0.15) is 43.6 Å². The van der Waals surface area contributed by atoms with Gasteiger partial charge in [0, 0.05) is 56.5 Å². The highest BCUT2D eigenvalue weighted by atomic mass is 127. The molecule has 0 aromatic carbocycles.